The number of aromatic nitrogens is 1. The Morgan fingerprint density at radius 2 is 2.16 bits per heavy atom. The Labute approximate surface area is 120 Å². The highest BCUT2D eigenvalue weighted by Crippen LogP contribution is 2.25. The van der Waals surface area contributed by atoms with Crippen molar-refractivity contribution in [1.82, 2.24) is 4.98 Å². The lowest BCUT2D eigenvalue weighted by Crippen LogP contribution is -2.08. The fraction of sp³-hybridized carbons (Fsp3) is 0.231. The average molecular weight is 296 g/mol. The summed E-state index contributed by atoms with van der Waals surface area (Å²) in [5, 5.41) is 6.12. The highest BCUT2D eigenvalue weighted by atomic mass is 35.5. The molecule has 2 N–H and O–H groups in total. The quantitative estimate of drug-likeness (QED) is 0.905. The van der Waals surface area contributed by atoms with Crippen molar-refractivity contribution >= 4 is 40.2 Å². The second-order valence-corrected chi connectivity index (χ2v) is 5.79. The average Bonchev–Trinajstić information content (AvgIpc) is 2.76. The van der Waals surface area contributed by atoms with Crippen molar-refractivity contribution in [3.05, 3.63) is 39.3 Å². The molecule has 100 valence electrons. The molecule has 6 heteroatoms. The zero-order valence-electron chi connectivity index (χ0n) is 10.7. The molecule has 0 unspecified atom stereocenters. The topological polar surface area (TPSA) is 54.0 Å². The molecule has 0 saturated carbocycles. The van der Waals surface area contributed by atoms with Gasteiger partial charge in [0.15, 0.2) is 4.47 Å². The molecule has 0 aliphatic heterocycles. The maximum absolute atomic E-state index is 11.1. The summed E-state index contributed by atoms with van der Waals surface area (Å²) in [4.78, 5) is 16.2. The van der Waals surface area contributed by atoms with Gasteiger partial charge in [-0.1, -0.05) is 17.7 Å². The first-order chi connectivity index (χ1) is 9.06. The Bertz CT molecular complexity index is 597. The van der Waals surface area contributed by atoms with E-state index in [1.54, 1.807) is 6.20 Å². The second kappa shape index (κ2) is 6.04. The first-order valence-electron chi connectivity index (χ1n) is 5.77. The van der Waals surface area contributed by atoms with Gasteiger partial charge < -0.3 is 10.6 Å². The number of anilines is 2. The van der Waals surface area contributed by atoms with E-state index in [0.29, 0.717) is 11.0 Å². The van der Waals surface area contributed by atoms with E-state index in [1.165, 1.54) is 18.3 Å². The van der Waals surface area contributed by atoms with Gasteiger partial charge in [-0.2, -0.15) is 0 Å². The van der Waals surface area contributed by atoms with Crippen LogP contribution in [0.2, 0.25) is 4.47 Å². The molecule has 0 radical (unpaired) electrons. The van der Waals surface area contributed by atoms with E-state index in [0.717, 1.165) is 21.8 Å². The number of hydrogen-bond donors (Lipinski definition) is 2. The Balaban J connectivity index is 2.10. The summed E-state index contributed by atoms with van der Waals surface area (Å²) in [6, 6.07) is 5.76. The Morgan fingerprint density at radius 1 is 1.42 bits per heavy atom. The molecule has 0 bridgehead atoms. The zero-order valence-corrected chi connectivity index (χ0v) is 12.2. The molecule has 1 heterocycles. The number of amides is 1. The minimum Gasteiger partial charge on any atom is -0.380 e. The van der Waals surface area contributed by atoms with Gasteiger partial charge in [0.25, 0.3) is 0 Å². The molecule has 2 aromatic rings. The number of carbonyl (C=O) groups excluding carboxylic acids is 1. The summed E-state index contributed by atoms with van der Waals surface area (Å²) < 4.78 is 0.542. The van der Waals surface area contributed by atoms with Gasteiger partial charge >= 0.3 is 0 Å². The summed E-state index contributed by atoms with van der Waals surface area (Å²) >= 11 is 7.24. The Kier molecular flexibility index (Phi) is 4.39. The number of rotatable bonds is 4. The van der Waals surface area contributed by atoms with Crippen LogP contribution in [0.25, 0.3) is 0 Å². The van der Waals surface area contributed by atoms with Gasteiger partial charge in [0.2, 0.25) is 5.91 Å². The lowest BCUT2D eigenvalue weighted by atomic mass is 10.1. The predicted molar refractivity (Wildman–Crippen MR) is 79.9 cm³/mol. The normalized spacial score (nSPS) is 10.3. The number of nitrogens with zero attached hydrogens (tertiary/aromatic N) is 1. The van der Waals surface area contributed by atoms with Gasteiger partial charge in [0.05, 0.1) is 6.54 Å². The summed E-state index contributed by atoms with van der Waals surface area (Å²) in [6.07, 6.45) is 1.76. The van der Waals surface area contributed by atoms with Crippen molar-refractivity contribution < 1.29 is 4.79 Å². The molecule has 0 atom stereocenters. The van der Waals surface area contributed by atoms with Crippen LogP contribution in [-0.4, -0.2) is 10.9 Å². The van der Waals surface area contributed by atoms with E-state index in [2.05, 4.69) is 15.6 Å². The van der Waals surface area contributed by atoms with E-state index < -0.39 is 0 Å². The number of nitrogens with one attached hydrogen (secondary N) is 2. The van der Waals surface area contributed by atoms with Crippen LogP contribution in [0.4, 0.5) is 11.4 Å². The van der Waals surface area contributed by atoms with Gasteiger partial charge in [0.1, 0.15) is 0 Å². The maximum Gasteiger partial charge on any atom is 0.221 e. The van der Waals surface area contributed by atoms with Crippen LogP contribution in [0.5, 0.6) is 0 Å². The van der Waals surface area contributed by atoms with E-state index in [-0.39, 0.29) is 5.91 Å². The molecule has 0 saturated heterocycles. The van der Waals surface area contributed by atoms with E-state index >= 15 is 0 Å². The first-order valence-corrected chi connectivity index (χ1v) is 6.97. The van der Waals surface area contributed by atoms with E-state index in [1.807, 2.05) is 25.1 Å². The molecule has 0 fully saturated rings. The largest absolute Gasteiger partial charge is 0.380 e. The summed E-state index contributed by atoms with van der Waals surface area (Å²) in [7, 11) is 0. The number of hydrogen-bond acceptors (Lipinski definition) is 4. The fourth-order valence-electron chi connectivity index (χ4n) is 1.70. The Hall–Kier alpha value is -1.59. The highest BCUT2D eigenvalue weighted by Gasteiger charge is 2.06. The monoisotopic (exact) mass is 295 g/mol. The molecule has 2 rings (SSSR count). The van der Waals surface area contributed by atoms with Crippen LogP contribution in [-0.2, 0) is 11.3 Å². The molecule has 0 spiro atoms. The summed E-state index contributed by atoms with van der Waals surface area (Å²) in [5.41, 5.74) is 2.81. The van der Waals surface area contributed by atoms with Crippen LogP contribution in [0.1, 0.15) is 17.4 Å². The number of carbonyl (C=O) groups is 1. The molecule has 19 heavy (non-hydrogen) atoms. The molecular formula is C13H14ClN3OS. The molecule has 1 amide bonds. The number of benzene rings is 1. The second-order valence-electron chi connectivity index (χ2n) is 4.09. The summed E-state index contributed by atoms with van der Waals surface area (Å²) in [5.74, 6) is -0.0745. The third-order valence-corrected chi connectivity index (χ3v) is 3.74. The standard InChI is InChI=1S/C13H14ClN3OS/c1-8-11(4-3-5-12(8)17-9(2)18)15-6-10-7-16-13(14)19-10/h3-5,7,15H,6H2,1-2H3,(H,17,18). The Morgan fingerprint density at radius 3 is 2.79 bits per heavy atom. The minimum atomic E-state index is -0.0745. The fourth-order valence-corrected chi connectivity index (χ4v) is 2.62. The van der Waals surface area contributed by atoms with Crippen LogP contribution in [0, 0.1) is 6.92 Å². The molecule has 4 nitrogen and oxygen atoms in total. The van der Waals surface area contributed by atoms with Crippen molar-refractivity contribution in [2.45, 2.75) is 20.4 Å². The minimum absolute atomic E-state index is 0.0745. The van der Waals surface area contributed by atoms with Crippen molar-refractivity contribution in [2.75, 3.05) is 10.6 Å². The van der Waals surface area contributed by atoms with Crippen LogP contribution in [0.15, 0.2) is 24.4 Å². The molecule has 0 aliphatic rings. The van der Waals surface area contributed by atoms with Gasteiger partial charge in [-0.05, 0) is 24.6 Å². The van der Waals surface area contributed by atoms with Crippen LogP contribution in [0.3, 0.4) is 0 Å². The van der Waals surface area contributed by atoms with E-state index in [9.17, 15) is 4.79 Å². The SMILES string of the molecule is CC(=O)Nc1cccc(NCc2cnc(Cl)s2)c1C. The van der Waals surface area contributed by atoms with Crippen molar-refractivity contribution in [3.8, 4) is 0 Å². The summed E-state index contributed by atoms with van der Waals surface area (Å²) in [6.45, 7) is 4.13. The predicted octanol–water partition coefficient (Wildman–Crippen LogP) is 3.68. The van der Waals surface area contributed by atoms with Gasteiger partial charge in [0, 0.05) is 29.4 Å². The lowest BCUT2D eigenvalue weighted by Gasteiger charge is -2.12. The molecule has 0 aliphatic carbocycles. The molecule has 1 aromatic carbocycles. The highest BCUT2D eigenvalue weighted by molar-refractivity contribution is 7.15. The lowest BCUT2D eigenvalue weighted by molar-refractivity contribution is -0.114. The van der Waals surface area contributed by atoms with Crippen molar-refractivity contribution in [2.24, 2.45) is 0 Å². The number of halogens is 1. The van der Waals surface area contributed by atoms with Crippen molar-refractivity contribution in [3.63, 3.8) is 0 Å². The van der Waals surface area contributed by atoms with Gasteiger partial charge in [-0.15, -0.1) is 11.3 Å². The third kappa shape index (κ3) is 3.68. The molecular weight excluding hydrogens is 282 g/mol. The first kappa shape index (κ1) is 13.8. The molecule has 1 aromatic heterocycles. The van der Waals surface area contributed by atoms with Crippen molar-refractivity contribution in [1.29, 1.82) is 0 Å². The zero-order chi connectivity index (χ0) is 13.8. The maximum atomic E-state index is 11.1. The van der Waals surface area contributed by atoms with Gasteiger partial charge in [-0.3, -0.25) is 4.79 Å². The third-order valence-electron chi connectivity index (χ3n) is 2.62. The van der Waals surface area contributed by atoms with Gasteiger partial charge in [-0.25, -0.2) is 4.98 Å². The smallest absolute Gasteiger partial charge is 0.221 e. The van der Waals surface area contributed by atoms with Crippen LogP contribution < -0.4 is 10.6 Å². The number of thiazole rings is 1. The van der Waals surface area contributed by atoms with E-state index in [4.69, 9.17) is 11.6 Å². The van der Waals surface area contributed by atoms with Crippen LogP contribution >= 0.6 is 22.9 Å².